The van der Waals surface area contributed by atoms with Crippen molar-refractivity contribution in [1.29, 1.82) is 0 Å². The summed E-state index contributed by atoms with van der Waals surface area (Å²) in [5.41, 5.74) is -0.247. The second-order valence-electron chi connectivity index (χ2n) is 9.15. The molecule has 11 heteroatoms. The summed E-state index contributed by atoms with van der Waals surface area (Å²) >= 11 is 6.14. The van der Waals surface area contributed by atoms with Crippen LogP contribution in [0.15, 0.2) is 24.5 Å². The first-order valence-corrected chi connectivity index (χ1v) is 11.6. The molecule has 3 fully saturated rings. The van der Waals surface area contributed by atoms with Crippen molar-refractivity contribution in [2.45, 2.75) is 31.5 Å². The van der Waals surface area contributed by atoms with Crippen LogP contribution >= 0.6 is 11.6 Å². The zero-order valence-corrected chi connectivity index (χ0v) is 19.7. The normalized spacial score (nSPS) is 24.8. The van der Waals surface area contributed by atoms with Crippen molar-refractivity contribution in [3.63, 3.8) is 0 Å². The second-order valence-corrected chi connectivity index (χ2v) is 9.55. The summed E-state index contributed by atoms with van der Waals surface area (Å²) in [6.45, 7) is 3.77. The lowest BCUT2D eigenvalue weighted by Gasteiger charge is -2.46. The average molecular weight is 493 g/mol. The van der Waals surface area contributed by atoms with E-state index in [-0.39, 0.29) is 57.8 Å². The van der Waals surface area contributed by atoms with Crippen LogP contribution in [0.3, 0.4) is 0 Å². The van der Waals surface area contributed by atoms with Gasteiger partial charge >= 0.3 is 6.09 Å². The molecule has 3 aliphatic rings. The van der Waals surface area contributed by atoms with Crippen LogP contribution in [0.5, 0.6) is 11.6 Å². The average Bonchev–Trinajstić information content (AvgIpc) is 3.52. The third-order valence-electron chi connectivity index (χ3n) is 6.48. The molecule has 1 aliphatic carbocycles. The SMILES string of the molecule is COc1c(Nc2c(F)cccc2Cl)ncnc1OC1C2COCC1CN(C(=O)OC1(C)CC1)C2. The van der Waals surface area contributed by atoms with Gasteiger partial charge in [0, 0.05) is 24.9 Å². The number of rotatable bonds is 6. The third kappa shape index (κ3) is 4.56. The van der Waals surface area contributed by atoms with E-state index in [4.69, 9.17) is 30.5 Å². The quantitative estimate of drug-likeness (QED) is 0.645. The number of anilines is 2. The topological polar surface area (TPSA) is 95.0 Å². The molecule has 1 N–H and O–H groups in total. The number of amides is 1. The van der Waals surface area contributed by atoms with Gasteiger partial charge in [0.15, 0.2) is 5.82 Å². The summed E-state index contributed by atoms with van der Waals surface area (Å²) in [5.74, 6) is 0.00900. The van der Waals surface area contributed by atoms with Crippen LogP contribution in [-0.4, -0.2) is 66.1 Å². The Kier molecular flexibility index (Phi) is 6.11. The van der Waals surface area contributed by atoms with Crippen LogP contribution < -0.4 is 14.8 Å². The molecule has 2 aliphatic heterocycles. The summed E-state index contributed by atoms with van der Waals surface area (Å²) in [4.78, 5) is 22.8. The Hall–Kier alpha value is -2.85. The van der Waals surface area contributed by atoms with Crippen molar-refractivity contribution in [3.05, 3.63) is 35.4 Å². The molecule has 9 nitrogen and oxygen atoms in total. The lowest BCUT2D eigenvalue weighted by molar-refractivity contribution is -0.112. The molecule has 1 aromatic heterocycles. The molecule has 0 radical (unpaired) electrons. The highest BCUT2D eigenvalue weighted by atomic mass is 35.5. The molecule has 1 aromatic carbocycles. The summed E-state index contributed by atoms with van der Waals surface area (Å²) in [7, 11) is 1.46. The first kappa shape index (κ1) is 22.9. The number of ether oxygens (including phenoxy) is 4. The standard InChI is InChI=1S/C23H26ClFN4O5/c1-23(6-7-23)34-22(30)29-8-13-10-32-11-14(9-29)18(13)33-21-19(31-2)20(26-12-27-21)28-17-15(24)4-3-5-16(17)25/h3-5,12-14,18H,6-11H2,1-2H3,(H,26,27,28). The minimum absolute atomic E-state index is 0.0656. The Morgan fingerprint density at radius 1 is 1.26 bits per heavy atom. The molecular formula is C23H26ClFN4O5. The van der Waals surface area contributed by atoms with E-state index in [9.17, 15) is 9.18 Å². The van der Waals surface area contributed by atoms with Gasteiger partial charge in [0.2, 0.25) is 5.75 Å². The number of methoxy groups -OCH3 is 1. The zero-order chi connectivity index (χ0) is 23.9. The van der Waals surface area contributed by atoms with E-state index in [1.54, 1.807) is 11.0 Å². The van der Waals surface area contributed by atoms with E-state index in [0.29, 0.717) is 26.3 Å². The molecule has 2 unspecified atom stereocenters. The Balaban J connectivity index is 1.34. The molecule has 2 saturated heterocycles. The van der Waals surface area contributed by atoms with E-state index >= 15 is 0 Å². The number of hydrogen-bond donors (Lipinski definition) is 1. The van der Waals surface area contributed by atoms with Gasteiger partial charge in [-0.25, -0.2) is 14.2 Å². The molecule has 1 amide bonds. The van der Waals surface area contributed by atoms with Gasteiger partial charge in [-0.3, -0.25) is 0 Å². The van der Waals surface area contributed by atoms with Crippen LogP contribution in [0.2, 0.25) is 5.02 Å². The predicted octanol–water partition coefficient (Wildman–Crippen LogP) is 4.04. The monoisotopic (exact) mass is 492 g/mol. The number of piperidine rings is 1. The third-order valence-corrected chi connectivity index (χ3v) is 6.79. The number of carbonyl (C=O) groups excluding carboxylic acids is 1. The fraction of sp³-hybridized carbons (Fsp3) is 0.522. The maximum absolute atomic E-state index is 14.3. The van der Waals surface area contributed by atoms with Gasteiger partial charge < -0.3 is 29.2 Å². The molecule has 5 rings (SSSR count). The van der Waals surface area contributed by atoms with Crippen LogP contribution in [0.1, 0.15) is 19.8 Å². The summed E-state index contributed by atoms with van der Waals surface area (Å²) in [5, 5.41) is 3.08. The number of hydrogen-bond acceptors (Lipinski definition) is 8. The minimum Gasteiger partial charge on any atom is -0.489 e. The van der Waals surface area contributed by atoms with Crippen molar-refractivity contribution in [1.82, 2.24) is 14.9 Å². The largest absolute Gasteiger partial charge is 0.489 e. The molecule has 1 saturated carbocycles. The molecule has 2 atom stereocenters. The second kappa shape index (κ2) is 9.07. The van der Waals surface area contributed by atoms with Crippen LogP contribution in [0.4, 0.5) is 20.7 Å². The number of fused-ring (bicyclic) bond motifs is 2. The Bertz CT molecular complexity index is 1050. The van der Waals surface area contributed by atoms with E-state index in [0.717, 1.165) is 12.8 Å². The number of halogens is 2. The van der Waals surface area contributed by atoms with Crippen molar-refractivity contribution in [2.24, 2.45) is 11.8 Å². The highest BCUT2D eigenvalue weighted by Crippen LogP contribution is 2.41. The molecule has 34 heavy (non-hydrogen) atoms. The maximum Gasteiger partial charge on any atom is 0.410 e. The Morgan fingerprint density at radius 2 is 2.00 bits per heavy atom. The number of para-hydroxylation sites is 1. The highest BCUT2D eigenvalue weighted by molar-refractivity contribution is 6.33. The van der Waals surface area contributed by atoms with E-state index in [1.807, 2.05) is 6.92 Å². The minimum atomic E-state index is -0.526. The lowest BCUT2D eigenvalue weighted by atomic mass is 9.84. The Labute approximate surface area is 201 Å². The van der Waals surface area contributed by atoms with Gasteiger partial charge in [-0.1, -0.05) is 17.7 Å². The smallest absolute Gasteiger partial charge is 0.410 e. The molecule has 2 aromatic rings. The summed E-state index contributed by atoms with van der Waals surface area (Å²) < 4.78 is 37.5. The molecule has 182 valence electrons. The van der Waals surface area contributed by atoms with Gasteiger partial charge in [0.05, 0.1) is 31.0 Å². The van der Waals surface area contributed by atoms with Gasteiger partial charge in [-0.2, -0.15) is 4.98 Å². The molecular weight excluding hydrogens is 467 g/mol. The van der Waals surface area contributed by atoms with Crippen molar-refractivity contribution in [3.8, 4) is 11.6 Å². The van der Waals surface area contributed by atoms with Gasteiger partial charge in [0.1, 0.15) is 23.8 Å². The van der Waals surface area contributed by atoms with Crippen LogP contribution in [-0.2, 0) is 9.47 Å². The predicted molar refractivity (Wildman–Crippen MR) is 121 cm³/mol. The van der Waals surface area contributed by atoms with Gasteiger partial charge in [0.25, 0.3) is 5.88 Å². The van der Waals surface area contributed by atoms with Gasteiger partial charge in [-0.15, -0.1) is 0 Å². The number of benzene rings is 1. The van der Waals surface area contributed by atoms with Crippen LogP contribution in [0.25, 0.3) is 0 Å². The Morgan fingerprint density at radius 3 is 2.65 bits per heavy atom. The fourth-order valence-electron chi connectivity index (χ4n) is 4.37. The van der Waals surface area contributed by atoms with Crippen LogP contribution in [0, 0.1) is 17.7 Å². The fourth-order valence-corrected chi connectivity index (χ4v) is 4.58. The van der Waals surface area contributed by atoms with Crippen molar-refractivity contribution < 1.29 is 28.1 Å². The number of carbonyl (C=O) groups is 1. The molecule has 0 spiro atoms. The first-order valence-electron chi connectivity index (χ1n) is 11.2. The van der Waals surface area contributed by atoms with Crippen molar-refractivity contribution >= 4 is 29.2 Å². The summed E-state index contributed by atoms with van der Waals surface area (Å²) in [6.07, 6.45) is 2.57. The van der Waals surface area contributed by atoms with E-state index in [2.05, 4.69) is 15.3 Å². The summed E-state index contributed by atoms with van der Waals surface area (Å²) in [6, 6.07) is 4.38. The zero-order valence-electron chi connectivity index (χ0n) is 18.9. The number of nitrogens with zero attached hydrogens (tertiary/aromatic N) is 3. The van der Waals surface area contributed by atoms with Crippen molar-refractivity contribution in [2.75, 3.05) is 38.7 Å². The van der Waals surface area contributed by atoms with E-state index in [1.165, 1.54) is 25.6 Å². The maximum atomic E-state index is 14.3. The number of nitrogens with one attached hydrogen (secondary N) is 1. The lowest BCUT2D eigenvalue weighted by Crippen LogP contribution is -2.59. The molecule has 2 bridgehead atoms. The van der Waals surface area contributed by atoms with E-state index < -0.39 is 5.82 Å². The van der Waals surface area contributed by atoms with Gasteiger partial charge in [-0.05, 0) is 31.9 Å². The highest BCUT2D eigenvalue weighted by Gasteiger charge is 2.47. The molecule has 3 heterocycles. The number of likely N-dealkylation sites (tertiary alicyclic amines) is 1. The number of aromatic nitrogens is 2. The first-order chi connectivity index (χ1) is 16.4.